The van der Waals surface area contributed by atoms with E-state index < -0.39 is 12.6 Å². The van der Waals surface area contributed by atoms with Crippen LogP contribution in [0.4, 0.5) is 19.0 Å². The Bertz CT molecular complexity index is 590. The second-order valence-electron chi connectivity index (χ2n) is 5.10. The fourth-order valence-corrected chi connectivity index (χ4v) is 2.84. The number of anilines is 1. The quantitative estimate of drug-likeness (QED) is 0.890. The van der Waals surface area contributed by atoms with Crippen LogP contribution in [-0.2, 0) is 6.42 Å². The molecule has 0 fully saturated rings. The lowest BCUT2D eigenvalue weighted by molar-refractivity contribution is -0.132. The van der Waals surface area contributed by atoms with Crippen LogP contribution in [0.5, 0.6) is 0 Å². The monoisotopic (exact) mass is 320 g/mol. The van der Waals surface area contributed by atoms with Gasteiger partial charge in [0.05, 0.1) is 12.1 Å². The van der Waals surface area contributed by atoms with Gasteiger partial charge in [-0.2, -0.15) is 13.2 Å². The van der Waals surface area contributed by atoms with E-state index in [0.717, 1.165) is 17.1 Å². The highest BCUT2D eigenvalue weighted by Gasteiger charge is 2.28. The maximum absolute atomic E-state index is 12.4. The minimum atomic E-state index is -4.16. The van der Waals surface area contributed by atoms with Gasteiger partial charge in [0.15, 0.2) is 10.8 Å². The number of nitrogens with zero attached hydrogens (tertiary/aromatic N) is 3. The molecule has 0 spiro atoms. The van der Waals surface area contributed by atoms with Crippen LogP contribution < -0.4 is 10.6 Å². The summed E-state index contributed by atoms with van der Waals surface area (Å²) < 4.78 is 39.0. The van der Waals surface area contributed by atoms with Gasteiger partial charge >= 0.3 is 6.18 Å². The predicted molar refractivity (Wildman–Crippen MR) is 79.0 cm³/mol. The lowest BCUT2D eigenvalue weighted by atomic mass is 10.1. The van der Waals surface area contributed by atoms with Crippen LogP contribution >= 0.6 is 11.3 Å². The Balaban J connectivity index is 2.25. The Kier molecular flexibility index (Phi) is 4.77. The highest BCUT2D eigenvalue weighted by Crippen LogP contribution is 2.27. The third kappa shape index (κ3) is 3.88. The lowest BCUT2D eigenvalue weighted by Crippen LogP contribution is -2.27. The zero-order chi connectivity index (χ0) is 15.6. The van der Waals surface area contributed by atoms with E-state index in [1.165, 1.54) is 11.3 Å². The van der Waals surface area contributed by atoms with Gasteiger partial charge in [0.2, 0.25) is 0 Å². The third-order valence-electron chi connectivity index (χ3n) is 3.41. The zero-order valence-electron chi connectivity index (χ0n) is 12.0. The summed E-state index contributed by atoms with van der Waals surface area (Å²) in [6.45, 7) is 1.88. The first-order chi connectivity index (χ1) is 9.81. The van der Waals surface area contributed by atoms with Gasteiger partial charge in [-0.15, -0.1) is 11.3 Å². The Morgan fingerprint density at radius 1 is 1.48 bits per heavy atom. The van der Waals surface area contributed by atoms with Crippen LogP contribution in [0, 0.1) is 0 Å². The Labute approximate surface area is 125 Å². The number of aromatic nitrogens is 2. The highest BCUT2D eigenvalue weighted by molar-refractivity contribution is 7.15. The number of hydrogen-bond donors (Lipinski definition) is 1. The van der Waals surface area contributed by atoms with Crippen LogP contribution in [0.2, 0.25) is 0 Å². The van der Waals surface area contributed by atoms with Gasteiger partial charge in [-0.05, 0) is 6.42 Å². The van der Waals surface area contributed by atoms with Gasteiger partial charge in [0.1, 0.15) is 0 Å². The molecule has 8 heteroatoms. The summed E-state index contributed by atoms with van der Waals surface area (Å²) in [6, 6.07) is -0.0282. The SMILES string of the molecule is CCC(N)Cc1c(N(C)CCC(F)(F)F)nc2sccn12. The fraction of sp³-hybridized carbons (Fsp3) is 0.615. The first-order valence-corrected chi connectivity index (χ1v) is 7.67. The molecule has 2 heterocycles. The minimum absolute atomic E-state index is 0.0282. The van der Waals surface area contributed by atoms with E-state index in [9.17, 15) is 13.2 Å². The molecule has 2 rings (SSSR count). The van der Waals surface area contributed by atoms with Crippen molar-refractivity contribution in [2.75, 3.05) is 18.5 Å². The van der Waals surface area contributed by atoms with Crippen molar-refractivity contribution >= 4 is 22.1 Å². The summed E-state index contributed by atoms with van der Waals surface area (Å²) >= 11 is 1.46. The van der Waals surface area contributed by atoms with E-state index in [2.05, 4.69) is 4.98 Å². The third-order valence-corrected chi connectivity index (χ3v) is 4.17. The van der Waals surface area contributed by atoms with Crippen molar-refractivity contribution < 1.29 is 13.2 Å². The number of imidazole rings is 1. The molecule has 0 aromatic carbocycles. The molecule has 0 saturated heterocycles. The number of fused-ring (bicyclic) bond motifs is 1. The molecule has 0 radical (unpaired) electrons. The van der Waals surface area contributed by atoms with Crippen molar-refractivity contribution in [2.24, 2.45) is 5.73 Å². The number of nitrogens with two attached hydrogens (primary N) is 1. The normalized spacial score (nSPS) is 13.8. The number of thiazole rings is 1. The summed E-state index contributed by atoms with van der Waals surface area (Å²) in [5.74, 6) is 0.593. The first kappa shape index (κ1) is 16.1. The molecule has 21 heavy (non-hydrogen) atoms. The summed E-state index contributed by atoms with van der Waals surface area (Å²) in [6.07, 6.45) is -1.73. The van der Waals surface area contributed by atoms with Crippen LogP contribution in [0.3, 0.4) is 0 Å². The van der Waals surface area contributed by atoms with Gasteiger partial charge in [0, 0.05) is 37.6 Å². The van der Waals surface area contributed by atoms with Crippen molar-refractivity contribution in [1.29, 1.82) is 0 Å². The maximum Gasteiger partial charge on any atom is 0.390 e. The molecule has 118 valence electrons. The molecule has 2 N–H and O–H groups in total. The van der Waals surface area contributed by atoms with Crippen LogP contribution in [0.15, 0.2) is 11.6 Å². The van der Waals surface area contributed by atoms with Crippen molar-refractivity contribution in [3.8, 4) is 0 Å². The number of alkyl halides is 3. The van der Waals surface area contributed by atoms with Crippen molar-refractivity contribution in [3.63, 3.8) is 0 Å². The van der Waals surface area contributed by atoms with Gasteiger partial charge in [0.25, 0.3) is 0 Å². The molecule has 2 aromatic heterocycles. The average molecular weight is 320 g/mol. The molecule has 0 bridgehead atoms. The van der Waals surface area contributed by atoms with Crippen LogP contribution in [0.1, 0.15) is 25.5 Å². The Morgan fingerprint density at radius 3 is 2.81 bits per heavy atom. The number of rotatable bonds is 6. The van der Waals surface area contributed by atoms with Crippen LogP contribution in [-0.4, -0.2) is 35.2 Å². The van der Waals surface area contributed by atoms with Crippen LogP contribution in [0.25, 0.3) is 4.96 Å². The smallest absolute Gasteiger partial charge is 0.358 e. The van der Waals surface area contributed by atoms with Crippen molar-refractivity contribution in [3.05, 3.63) is 17.3 Å². The topological polar surface area (TPSA) is 46.6 Å². The van der Waals surface area contributed by atoms with E-state index in [1.54, 1.807) is 11.9 Å². The summed E-state index contributed by atoms with van der Waals surface area (Å²) in [5.41, 5.74) is 6.88. The minimum Gasteiger partial charge on any atom is -0.358 e. The number of hydrogen-bond acceptors (Lipinski definition) is 4. The van der Waals surface area contributed by atoms with E-state index in [1.807, 2.05) is 22.9 Å². The zero-order valence-corrected chi connectivity index (χ0v) is 12.8. The van der Waals surface area contributed by atoms with E-state index in [0.29, 0.717) is 12.2 Å². The number of halogens is 3. The van der Waals surface area contributed by atoms with Gasteiger partial charge < -0.3 is 10.6 Å². The Morgan fingerprint density at radius 2 is 2.19 bits per heavy atom. The maximum atomic E-state index is 12.4. The largest absolute Gasteiger partial charge is 0.390 e. The molecule has 0 aliphatic carbocycles. The standard InChI is InChI=1S/C13H19F3N4S/c1-3-9(17)8-10-11(18-12-20(10)6-7-21-12)19(2)5-4-13(14,15)16/h6-7,9H,3-5,8,17H2,1-2H3. The second-order valence-corrected chi connectivity index (χ2v) is 5.97. The molecule has 0 amide bonds. The molecule has 0 aliphatic rings. The van der Waals surface area contributed by atoms with Crippen molar-refractivity contribution in [1.82, 2.24) is 9.38 Å². The van der Waals surface area contributed by atoms with Gasteiger partial charge in [-0.1, -0.05) is 6.92 Å². The molecule has 0 aliphatic heterocycles. The summed E-state index contributed by atoms with van der Waals surface area (Å²) in [4.78, 5) is 6.79. The van der Waals surface area contributed by atoms with E-state index in [4.69, 9.17) is 5.73 Å². The molecular weight excluding hydrogens is 301 g/mol. The second kappa shape index (κ2) is 6.23. The molecule has 0 saturated carbocycles. The summed E-state index contributed by atoms with van der Waals surface area (Å²) in [7, 11) is 1.64. The molecule has 1 unspecified atom stereocenters. The lowest BCUT2D eigenvalue weighted by Gasteiger charge is -2.20. The summed E-state index contributed by atoms with van der Waals surface area (Å²) in [5, 5.41) is 1.91. The molecule has 1 atom stereocenters. The van der Waals surface area contributed by atoms with E-state index >= 15 is 0 Å². The first-order valence-electron chi connectivity index (χ1n) is 6.79. The average Bonchev–Trinajstić information content (AvgIpc) is 2.97. The predicted octanol–water partition coefficient (Wildman–Crippen LogP) is 3.06. The van der Waals surface area contributed by atoms with Gasteiger partial charge in [-0.25, -0.2) is 4.98 Å². The van der Waals surface area contributed by atoms with E-state index in [-0.39, 0.29) is 12.6 Å². The molecular formula is C13H19F3N4S. The Hall–Kier alpha value is -1.28. The molecule has 4 nitrogen and oxygen atoms in total. The fourth-order valence-electron chi connectivity index (χ4n) is 2.11. The van der Waals surface area contributed by atoms with Gasteiger partial charge in [-0.3, -0.25) is 4.40 Å². The van der Waals surface area contributed by atoms with Crippen molar-refractivity contribution in [2.45, 2.75) is 38.4 Å². The highest BCUT2D eigenvalue weighted by atomic mass is 32.1. The molecule has 2 aromatic rings.